The zero-order chi connectivity index (χ0) is 12.4. The first-order valence-electron chi connectivity index (χ1n) is 6.11. The summed E-state index contributed by atoms with van der Waals surface area (Å²) in [6, 6.07) is 8.48. The summed E-state index contributed by atoms with van der Waals surface area (Å²) in [5.74, 6) is -0.0713. The number of aryl methyl sites for hydroxylation is 1. The third-order valence-corrected chi connectivity index (χ3v) is 3.93. The molecular formula is C14H14N2OS. The van der Waals surface area contributed by atoms with Crippen molar-refractivity contribution in [3.63, 3.8) is 0 Å². The summed E-state index contributed by atoms with van der Waals surface area (Å²) in [5.41, 5.74) is 4.81. The molecule has 0 fully saturated rings. The van der Waals surface area contributed by atoms with Crippen molar-refractivity contribution < 1.29 is 4.79 Å². The first kappa shape index (κ1) is 11.4. The molecule has 1 atom stereocenters. The number of hydrogen-bond acceptors (Lipinski definition) is 3. The van der Waals surface area contributed by atoms with E-state index in [1.807, 2.05) is 6.07 Å². The van der Waals surface area contributed by atoms with Crippen LogP contribution in [0.15, 0.2) is 35.2 Å². The van der Waals surface area contributed by atoms with Crippen LogP contribution in [0.3, 0.4) is 0 Å². The Balaban J connectivity index is 1.80. The fraction of sp³-hybridized carbons (Fsp3) is 0.286. The highest BCUT2D eigenvalue weighted by atomic mass is 32.1. The summed E-state index contributed by atoms with van der Waals surface area (Å²) in [6.07, 6.45) is 3.24. The summed E-state index contributed by atoms with van der Waals surface area (Å²) >= 11 is 1.44. The number of aromatic nitrogens is 1. The molecule has 1 aromatic carbocycles. The van der Waals surface area contributed by atoms with Gasteiger partial charge in [-0.1, -0.05) is 24.3 Å². The van der Waals surface area contributed by atoms with Gasteiger partial charge in [0.05, 0.1) is 11.6 Å². The molecule has 1 N–H and O–H groups in total. The summed E-state index contributed by atoms with van der Waals surface area (Å²) in [7, 11) is 0. The van der Waals surface area contributed by atoms with E-state index in [9.17, 15) is 4.79 Å². The van der Waals surface area contributed by atoms with Crippen LogP contribution in [0.4, 0.5) is 0 Å². The van der Waals surface area contributed by atoms with Crippen LogP contribution in [0.2, 0.25) is 0 Å². The Hall–Kier alpha value is -1.68. The average Bonchev–Trinajstić information content (AvgIpc) is 2.93. The molecule has 1 aliphatic rings. The first-order chi connectivity index (χ1) is 8.84. The number of nitrogens with zero attached hydrogens (tertiary/aromatic N) is 1. The quantitative estimate of drug-likeness (QED) is 0.900. The molecule has 2 aromatic rings. The number of amides is 1. The third kappa shape index (κ3) is 2.16. The number of rotatable bonds is 2. The second kappa shape index (κ2) is 4.90. The first-order valence-corrected chi connectivity index (χ1v) is 7.06. The zero-order valence-electron chi connectivity index (χ0n) is 9.93. The number of benzene rings is 1. The molecule has 0 saturated carbocycles. The largest absolute Gasteiger partial charge is 0.344 e. The van der Waals surface area contributed by atoms with Crippen molar-refractivity contribution in [2.75, 3.05) is 0 Å². The van der Waals surface area contributed by atoms with Crippen LogP contribution in [0, 0.1) is 0 Å². The molecule has 3 nitrogen and oxygen atoms in total. The maximum Gasteiger partial charge on any atom is 0.271 e. The number of carbonyl (C=O) groups excluding carboxylic acids is 1. The van der Waals surface area contributed by atoms with Gasteiger partial charge in [0.25, 0.3) is 5.91 Å². The molecule has 1 heterocycles. The molecule has 92 valence electrons. The van der Waals surface area contributed by atoms with E-state index in [-0.39, 0.29) is 11.9 Å². The van der Waals surface area contributed by atoms with Crippen LogP contribution in [0.5, 0.6) is 0 Å². The van der Waals surface area contributed by atoms with Crippen molar-refractivity contribution in [1.29, 1.82) is 0 Å². The molecular weight excluding hydrogens is 244 g/mol. The summed E-state index contributed by atoms with van der Waals surface area (Å²) in [4.78, 5) is 16.1. The summed E-state index contributed by atoms with van der Waals surface area (Å²) in [6.45, 7) is 0. The number of thiazole rings is 1. The fourth-order valence-corrected chi connectivity index (χ4v) is 2.99. The smallest absolute Gasteiger partial charge is 0.271 e. The Bertz CT molecular complexity index is 551. The van der Waals surface area contributed by atoms with Crippen molar-refractivity contribution >= 4 is 17.2 Å². The van der Waals surface area contributed by atoms with Gasteiger partial charge >= 0.3 is 0 Å². The molecule has 1 amide bonds. The molecule has 0 radical (unpaired) electrons. The van der Waals surface area contributed by atoms with Crippen LogP contribution in [-0.4, -0.2) is 10.9 Å². The van der Waals surface area contributed by atoms with Gasteiger partial charge in [-0.2, -0.15) is 0 Å². The van der Waals surface area contributed by atoms with E-state index in [2.05, 4.69) is 28.5 Å². The molecule has 0 unspecified atom stereocenters. The van der Waals surface area contributed by atoms with Gasteiger partial charge < -0.3 is 5.32 Å². The van der Waals surface area contributed by atoms with E-state index in [4.69, 9.17) is 0 Å². The van der Waals surface area contributed by atoms with Crippen molar-refractivity contribution in [3.8, 4) is 0 Å². The molecule has 3 rings (SSSR count). The Morgan fingerprint density at radius 2 is 2.28 bits per heavy atom. The van der Waals surface area contributed by atoms with Crippen LogP contribution in [0.1, 0.15) is 40.5 Å². The highest BCUT2D eigenvalue weighted by Crippen LogP contribution is 2.29. The molecule has 4 heteroatoms. The zero-order valence-corrected chi connectivity index (χ0v) is 10.7. The maximum absolute atomic E-state index is 12.0. The minimum Gasteiger partial charge on any atom is -0.344 e. The number of nitrogens with one attached hydrogen (secondary N) is 1. The predicted octanol–water partition coefficient (Wildman–Crippen LogP) is 2.95. The van der Waals surface area contributed by atoms with Crippen molar-refractivity contribution in [2.24, 2.45) is 0 Å². The summed E-state index contributed by atoms with van der Waals surface area (Å²) < 4.78 is 0. The van der Waals surface area contributed by atoms with Crippen molar-refractivity contribution in [3.05, 3.63) is 52.0 Å². The van der Waals surface area contributed by atoms with Gasteiger partial charge in [-0.3, -0.25) is 4.79 Å². The lowest BCUT2D eigenvalue weighted by molar-refractivity contribution is 0.0928. The van der Waals surface area contributed by atoms with E-state index in [1.54, 1.807) is 10.9 Å². The summed E-state index contributed by atoms with van der Waals surface area (Å²) in [5, 5.41) is 4.86. The van der Waals surface area contributed by atoms with E-state index in [0.29, 0.717) is 5.69 Å². The van der Waals surface area contributed by atoms with E-state index < -0.39 is 0 Å². The Morgan fingerprint density at radius 1 is 1.39 bits per heavy atom. The standard InChI is InChI=1S/C14H14N2OS/c17-14(13-8-18-9-15-13)16-12-7-3-5-10-4-1-2-6-11(10)12/h1-2,4,6,8-9,12H,3,5,7H2,(H,16,17)/t12-/m0/s1. The Labute approximate surface area is 110 Å². The predicted molar refractivity (Wildman–Crippen MR) is 71.7 cm³/mol. The minimum absolute atomic E-state index is 0.0713. The van der Waals surface area contributed by atoms with Crippen LogP contribution in [-0.2, 0) is 6.42 Å². The highest BCUT2D eigenvalue weighted by molar-refractivity contribution is 7.07. The van der Waals surface area contributed by atoms with Crippen molar-refractivity contribution in [1.82, 2.24) is 10.3 Å². The van der Waals surface area contributed by atoms with Gasteiger partial charge in [0.15, 0.2) is 0 Å². The van der Waals surface area contributed by atoms with Gasteiger partial charge in [-0.05, 0) is 30.4 Å². The SMILES string of the molecule is O=C(N[C@H]1CCCc2ccccc21)c1cscn1. The van der Waals surface area contributed by atoms with Crippen LogP contribution in [0.25, 0.3) is 0 Å². The van der Waals surface area contributed by atoms with Gasteiger partial charge in [-0.25, -0.2) is 4.98 Å². The second-order valence-electron chi connectivity index (χ2n) is 4.49. The Morgan fingerprint density at radius 3 is 3.11 bits per heavy atom. The van der Waals surface area contributed by atoms with Gasteiger partial charge in [0.1, 0.15) is 5.69 Å². The molecule has 0 saturated heterocycles. The lowest BCUT2D eigenvalue weighted by Gasteiger charge is -2.26. The highest BCUT2D eigenvalue weighted by Gasteiger charge is 2.22. The molecule has 1 aromatic heterocycles. The molecule has 18 heavy (non-hydrogen) atoms. The molecule has 0 aliphatic heterocycles. The van der Waals surface area contributed by atoms with E-state index in [1.165, 1.54) is 22.5 Å². The van der Waals surface area contributed by atoms with Gasteiger partial charge in [0, 0.05) is 5.38 Å². The number of hydrogen-bond donors (Lipinski definition) is 1. The lowest BCUT2D eigenvalue weighted by Crippen LogP contribution is -2.31. The molecule has 1 aliphatic carbocycles. The van der Waals surface area contributed by atoms with Gasteiger partial charge in [-0.15, -0.1) is 11.3 Å². The maximum atomic E-state index is 12.0. The topological polar surface area (TPSA) is 42.0 Å². The molecule has 0 spiro atoms. The normalized spacial score (nSPS) is 18.1. The van der Waals surface area contributed by atoms with E-state index >= 15 is 0 Å². The fourth-order valence-electron chi connectivity index (χ4n) is 2.46. The van der Waals surface area contributed by atoms with Crippen molar-refractivity contribution in [2.45, 2.75) is 25.3 Å². The lowest BCUT2D eigenvalue weighted by atomic mass is 9.88. The average molecular weight is 258 g/mol. The number of fused-ring (bicyclic) bond motifs is 1. The van der Waals surface area contributed by atoms with Crippen LogP contribution < -0.4 is 5.32 Å². The third-order valence-electron chi connectivity index (χ3n) is 3.34. The Kier molecular flexibility index (Phi) is 3.11. The molecule has 0 bridgehead atoms. The second-order valence-corrected chi connectivity index (χ2v) is 5.21. The van der Waals surface area contributed by atoms with Crippen LogP contribution >= 0.6 is 11.3 Å². The monoisotopic (exact) mass is 258 g/mol. The number of carbonyl (C=O) groups is 1. The minimum atomic E-state index is -0.0713. The van der Waals surface area contributed by atoms with Gasteiger partial charge in [0.2, 0.25) is 0 Å². The van der Waals surface area contributed by atoms with E-state index in [0.717, 1.165) is 19.3 Å².